The SMILES string of the molecule is COc1ccc(Br)c(C(=O)NC[C@@](C)(OC)c2cccc(Cl)c2)c1. The van der Waals surface area contributed by atoms with Crippen molar-refractivity contribution in [3.63, 3.8) is 0 Å². The van der Waals surface area contributed by atoms with E-state index in [0.29, 0.717) is 27.4 Å². The predicted molar refractivity (Wildman–Crippen MR) is 98.8 cm³/mol. The molecule has 0 aliphatic heterocycles. The number of hydrogen-bond donors (Lipinski definition) is 1. The van der Waals surface area contributed by atoms with Crippen LogP contribution in [0.15, 0.2) is 46.9 Å². The summed E-state index contributed by atoms with van der Waals surface area (Å²) in [5.41, 5.74) is 0.702. The van der Waals surface area contributed by atoms with Crippen LogP contribution in [0.2, 0.25) is 5.02 Å². The fourth-order valence-corrected chi connectivity index (χ4v) is 2.88. The lowest BCUT2D eigenvalue weighted by atomic mass is 9.95. The molecule has 0 fully saturated rings. The van der Waals surface area contributed by atoms with Gasteiger partial charge < -0.3 is 14.8 Å². The maximum atomic E-state index is 12.5. The van der Waals surface area contributed by atoms with E-state index in [1.54, 1.807) is 38.5 Å². The third-order valence-electron chi connectivity index (χ3n) is 3.89. The number of methoxy groups -OCH3 is 2. The van der Waals surface area contributed by atoms with Gasteiger partial charge in [-0.2, -0.15) is 0 Å². The Kier molecular flexibility index (Phi) is 6.27. The third-order valence-corrected chi connectivity index (χ3v) is 4.82. The monoisotopic (exact) mass is 411 g/mol. The minimum atomic E-state index is -0.689. The van der Waals surface area contributed by atoms with Crippen molar-refractivity contribution in [1.29, 1.82) is 0 Å². The molecule has 6 heteroatoms. The fourth-order valence-electron chi connectivity index (χ4n) is 2.26. The van der Waals surface area contributed by atoms with Gasteiger partial charge >= 0.3 is 0 Å². The van der Waals surface area contributed by atoms with Gasteiger partial charge in [0.05, 0.1) is 19.2 Å². The summed E-state index contributed by atoms with van der Waals surface area (Å²) < 4.78 is 11.5. The average Bonchev–Trinajstić information content (AvgIpc) is 2.59. The van der Waals surface area contributed by atoms with Crippen LogP contribution in [0, 0.1) is 0 Å². The van der Waals surface area contributed by atoms with Crippen LogP contribution in [0.1, 0.15) is 22.8 Å². The first kappa shape index (κ1) is 18.8. The summed E-state index contributed by atoms with van der Waals surface area (Å²) in [7, 11) is 3.17. The molecule has 1 atom stereocenters. The molecule has 128 valence electrons. The molecule has 4 nitrogen and oxygen atoms in total. The van der Waals surface area contributed by atoms with Gasteiger partial charge in [-0.05, 0) is 58.7 Å². The molecule has 0 spiro atoms. The minimum absolute atomic E-state index is 0.217. The molecule has 1 amide bonds. The van der Waals surface area contributed by atoms with Gasteiger partial charge in [-0.3, -0.25) is 4.79 Å². The van der Waals surface area contributed by atoms with Gasteiger partial charge in [0, 0.05) is 16.6 Å². The Hall–Kier alpha value is -1.56. The minimum Gasteiger partial charge on any atom is -0.497 e. The molecule has 0 aliphatic carbocycles. The first-order chi connectivity index (χ1) is 11.4. The lowest BCUT2D eigenvalue weighted by Crippen LogP contribution is -2.40. The second-order valence-electron chi connectivity index (χ2n) is 5.47. The molecule has 2 rings (SSSR count). The Morgan fingerprint density at radius 1 is 1.25 bits per heavy atom. The summed E-state index contributed by atoms with van der Waals surface area (Å²) in [6.07, 6.45) is 0. The molecule has 2 aromatic carbocycles. The first-order valence-corrected chi connectivity index (χ1v) is 8.49. The number of amides is 1. The number of carbonyl (C=O) groups excluding carboxylic acids is 1. The van der Waals surface area contributed by atoms with E-state index in [1.165, 1.54) is 0 Å². The fraction of sp³-hybridized carbons (Fsp3) is 0.278. The Morgan fingerprint density at radius 2 is 2.00 bits per heavy atom. The molecule has 0 unspecified atom stereocenters. The molecule has 24 heavy (non-hydrogen) atoms. The maximum absolute atomic E-state index is 12.5. The van der Waals surface area contributed by atoms with Crippen LogP contribution in [0.5, 0.6) is 5.75 Å². The number of ether oxygens (including phenoxy) is 2. The summed E-state index contributed by atoms with van der Waals surface area (Å²) in [5.74, 6) is 0.402. The van der Waals surface area contributed by atoms with E-state index >= 15 is 0 Å². The number of hydrogen-bond acceptors (Lipinski definition) is 3. The Balaban J connectivity index is 2.17. The summed E-state index contributed by atoms with van der Waals surface area (Å²) in [5, 5.41) is 3.53. The van der Waals surface area contributed by atoms with Crippen molar-refractivity contribution in [3.8, 4) is 5.75 Å². The van der Waals surface area contributed by atoms with Crippen molar-refractivity contribution < 1.29 is 14.3 Å². The van der Waals surface area contributed by atoms with E-state index in [1.807, 2.05) is 25.1 Å². The molecule has 0 saturated carbocycles. The highest BCUT2D eigenvalue weighted by Crippen LogP contribution is 2.27. The average molecular weight is 413 g/mol. The van der Waals surface area contributed by atoms with E-state index in [9.17, 15) is 4.79 Å². The number of benzene rings is 2. The van der Waals surface area contributed by atoms with Crippen molar-refractivity contribution in [3.05, 3.63) is 63.1 Å². The predicted octanol–water partition coefficient (Wildman–Crippen LogP) is 4.40. The van der Waals surface area contributed by atoms with Crippen molar-refractivity contribution >= 4 is 33.4 Å². The summed E-state index contributed by atoms with van der Waals surface area (Å²) in [4.78, 5) is 12.5. The van der Waals surface area contributed by atoms with Crippen molar-refractivity contribution in [2.75, 3.05) is 20.8 Å². The highest BCUT2D eigenvalue weighted by atomic mass is 79.9. The van der Waals surface area contributed by atoms with Crippen LogP contribution in [-0.2, 0) is 10.3 Å². The molecule has 0 aromatic heterocycles. The van der Waals surface area contributed by atoms with Crippen LogP contribution >= 0.6 is 27.5 Å². The van der Waals surface area contributed by atoms with Crippen LogP contribution < -0.4 is 10.1 Å². The van der Waals surface area contributed by atoms with E-state index in [-0.39, 0.29) is 5.91 Å². The third kappa shape index (κ3) is 4.29. The lowest BCUT2D eigenvalue weighted by Gasteiger charge is -2.29. The van der Waals surface area contributed by atoms with E-state index in [0.717, 1.165) is 5.56 Å². The number of carbonyl (C=O) groups is 1. The lowest BCUT2D eigenvalue weighted by molar-refractivity contribution is 0.00315. The summed E-state index contributed by atoms with van der Waals surface area (Å²) >= 11 is 9.44. The normalized spacial score (nSPS) is 13.2. The van der Waals surface area contributed by atoms with Crippen LogP contribution in [0.25, 0.3) is 0 Å². The Bertz CT molecular complexity index is 738. The molecule has 0 bridgehead atoms. The number of rotatable bonds is 6. The van der Waals surface area contributed by atoms with Crippen LogP contribution in [0.4, 0.5) is 0 Å². The first-order valence-electron chi connectivity index (χ1n) is 7.32. The van der Waals surface area contributed by atoms with Gasteiger partial charge in [0.2, 0.25) is 0 Å². The van der Waals surface area contributed by atoms with Crippen molar-refractivity contribution in [2.24, 2.45) is 0 Å². The van der Waals surface area contributed by atoms with E-state index in [4.69, 9.17) is 21.1 Å². The van der Waals surface area contributed by atoms with Gasteiger partial charge in [0.25, 0.3) is 5.91 Å². The Morgan fingerprint density at radius 3 is 2.62 bits per heavy atom. The molecular weight excluding hydrogens is 394 g/mol. The van der Waals surface area contributed by atoms with E-state index in [2.05, 4.69) is 21.2 Å². The molecule has 0 aliphatic rings. The Labute approximate surface area is 155 Å². The zero-order valence-corrected chi connectivity index (χ0v) is 16.1. The number of nitrogens with one attached hydrogen (secondary N) is 1. The molecule has 1 N–H and O–H groups in total. The van der Waals surface area contributed by atoms with Gasteiger partial charge in [0.1, 0.15) is 11.4 Å². The molecule has 0 saturated heterocycles. The van der Waals surface area contributed by atoms with E-state index < -0.39 is 5.60 Å². The molecule has 0 radical (unpaired) electrons. The number of halogens is 2. The topological polar surface area (TPSA) is 47.6 Å². The second-order valence-corrected chi connectivity index (χ2v) is 6.76. The van der Waals surface area contributed by atoms with Gasteiger partial charge in [-0.25, -0.2) is 0 Å². The van der Waals surface area contributed by atoms with Crippen molar-refractivity contribution in [2.45, 2.75) is 12.5 Å². The quantitative estimate of drug-likeness (QED) is 0.765. The summed E-state index contributed by atoms with van der Waals surface area (Å²) in [6, 6.07) is 12.7. The smallest absolute Gasteiger partial charge is 0.252 e. The van der Waals surface area contributed by atoms with Crippen LogP contribution in [-0.4, -0.2) is 26.7 Å². The highest BCUT2D eigenvalue weighted by molar-refractivity contribution is 9.10. The van der Waals surface area contributed by atoms with Gasteiger partial charge in [-0.15, -0.1) is 0 Å². The van der Waals surface area contributed by atoms with Gasteiger partial charge in [0.15, 0.2) is 0 Å². The standard InChI is InChI=1S/C18H19BrClNO3/c1-18(24-3,12-5-4-6-13(20)9-12)11-21-17(22)15-10-14(23-2)7-8-16(15)19/h4-10H,11H2,1-3H3,(H,21,22)/t18-/m1/s1. The highest BCUT2D eigenvalue weighted by Gasteiger charge is 2.27. The van der Waals surface area contributed by atoms with Gasteiger partial charge in [-0.1, -0.05) is 23.7 Å². The second kappa shape index (κ2) is 8.01. The largest absolute Gasteiger partial charge is 0.497 e. The molecular formula is C18H19BrClNO3. The molecule has 2 aromatic rings. The summed E-state index contributed by atoms with van der Waals surface area (Å²) in [6.45, 7) is 2.20. The van der Waals surface area contributed by atoms with Crippen LogP contribution in [0.3, 0.4) is 0 Å². The van der Waals surface area contributed by atoms with Crippen molar-refractivity contribution in [1.82, 2.24) is 5.32 Å². The zero-order chi connectivity index (χ0) is 17.7. The molecule has 0 heterocycles. The maximum Gasteiger partial charge on any atom is 0.252 e. The zero-order valence-electron chi connectivity index (χ0n) is 13.7.